The van der Waals surface area contributed by atoms with Crippen LogP contribution in [-0.4, -0.2) is 29.4 Å². The van der Waals surface area contributed by atoms with Crippen LogP contribution in [0.15, 0.2) is 12.1 Å². The molecule has 2 aliphatic heterocycles. The van der Waals surface area contributed by atoms with Crippen molar-refractivity contribution in [2.45, 2.75) is 38.1 Å². The summed E-state index contributed by atoms with van der Waals surface area (Å²) in [6, 6.07) is 4.17. The second kappa shape index (κ2) is 4.88. The molecule has 0 radical (unpaired) electrons. The Morgan fingerprint density at radius 2 is 1.86 bits per heavy atom. The van der Waals surface area contributed by atoms with Crippen LogP contribution in [-0.2, 0) is 6.54 Å². The molecule has 2 fully saturated rings. The molecule has 0 bridgehead atoms. The minimum Gasteiger partial charge on any atom is -0.454 e. The Hall–Kier alpha value is -1.75. The fourth-order valence-electron chi connectivity index (χ4n) is 3.70. The third-order valence-corrected chi connectivity index (χ3v) is 5.11. The van der Waals surface area contributed by atoms with E-state index < -0.39 is 0 Å². The van der Waals surface area contributed by atoms with Gasteiger partial charge in [-0.15, -0.1) is 0 Å². The third kappa shape index (κ3) is 2.07. The molecule has 0 amide bonds. The molecule has 3 heterocycles. The van der Waals surface area contributed by atoms with E-state index in [0.29, 0.717) is 12.7 Å². The van der Waals surface area contributed by atoms with E-state index in [4.69, 9.17) is 14.5 Å². The molecule has 22 heavy (non-hydrogen) atoms. The van der Waals surface area contributed by atoms with Gasteiger partial charge in [-0.05, 0) is 44.7 Å². The van der Waals surface area contributed by atoms with Crippen molar-refractivity contribution in [2.24, 2.45) is 5.92 Å². The maximum atomic E-state index is 5.56. The summed E-state index contributed by atoms with van der Waals surface area (Å²) in [6.45, 7) is 3.69. The van der Waals surface area contributed by atoms with Crippen LogP contribution in [0, 0.1) is 5.92 Å². The van der Waals surface area contributed by atoms with Crippen LogP contribution in [0.2, 0.25) is 0 Å². The van der Waals surface area contributed by atoms with Crippen LogP contribution in [0.5, 0.6) is 11.5 Å². The highest BCUT2D eigenvalue weighted by atomic mass is 16.7. The number of nitrogens with one attached hydrogen (secondary N) is 1. The minimum absolute atomic E-state index is 0.325. The van der Waals surface area contributed by atoms with Crippen LogP contribution >= 0.6 is 0 Å². The van der Waals surface area contributed by atoms with Crippen molar-refractivity contribution in [3.05, 3.63) is 18.0 Å². The average Bonchev–Trinajstić information content (AvgIpc) is 3.20. The normalized spacial score (nSPS) is 21.6. The zero-order valence-corrected chi connectivity index (χ0v) is 12.7. The van der Waals surface area contributed by atoms with E-state index in [-0.39, 0.29) is 0 Å². The SMILES string of the molecule is c1c2c(cc3c1nc(C1CC1)n3CC1CCNCC1)OCO2. The van der Waals surface area contributed by atoms with E-state index in [2.05, 4.69) is 16.0 Å². The molecule has 5 rings (SSSR count). The van der Waals surface area contributed by atoms with Crippen molar-refractivity contribution >= 4 is 11.0 Å². The Bertz CT molecular complexity index is 714. The molecule has 3 aliphatic rings. The van der Waals surface area contributed by atoms with Crippen molar-refractivity contribution in [3.63, 3.8) is 0 Å². The monoisotopic (exact) mass is 299 g/mol. The summed E-state index contributed by atoms with van der Waals surface area (Å²) in [4.78, 5) is 4.93. The summed E-state index contributed by atoms with van der Waals surface area (Å²) in [6.07, 6.45) is 5.08. The highest BCUT2D eigenvalue weighted by Gasteiger charge is 2.31. The Kier molecular flexibility index (Phi) is 2.83. The van der Waals surface area contributed by atoms with E-state index in [0.717, 1.165) is 42.6 Å². The van der Waals surface area contributed by atoms with Gasteiger partial charge in [0.25, 0.3) is 0 Å². The van der Waals surface area contributed by atoms with Crippen molar-refractivity contribution < 1.29 is 9.47 Å². The molecule has 0 unspecified atom stereocenters. The summed E-state index contributed by atoms with van der Waals surface area (Å²) in [5.74, 6) is 4.38. The number of fused-ring (bicyclic) bond motifs is 2. The largest absolute Gasteiger partial charge is 0.454 e. The highest BCUT2D eigenvalue weighted by molar-refractivity contribution is 5.81. The summed E-state index contributed by atoms with van der Waals surface area (Å²) in [7, 11) is 0. The fraction of sp³-hybridized carbons (Fsp3) is 0.588. The summed E-state index contributed by atoms with van der Waals surface area (Å²) in [5.41, 5.74) is 2.27. The lowest BCUT2D eigenvalue weighted by molar-refractivity contribution is 0.174. The molecule has 0 spiro atoms. The maximum absolute atomic E-state index is 5.56. The number of hydrogen-bond donors (Lipinski definition) is 1. The van der Waals surface area contributed by atoms with Crippen molar-refractivity contribution in [2.75, 3.05) is 19.9 Å². The third-order valence-electron chi connectivity index (χ3n) is 5.11. The molecule has 5 nitrogen and oxygen atoms in total. The zero-order valence-electron chi connectivity index (χ0n) is 12.7. The van der Waals surface area contributed by atoms with Crippen LogP contribution in [0.4, 0.5) is 0 Å². The van der Waals surface area contributed by atoms with Gasteiger partial charge in [0.1, 0.15) is 5.82 Å². The van der Waals surface area contributed by atoms with Gasteiger partial charge in [0.15, 0.2) is 11.5 Å². The Labute approximate surface area is 129 Å². The fourth-order valence-corrected chi connectivity index (χ4v) is 3.70. The van der Waals surface area contributed by atoms with Gasteiger partial charge in [0.2, 0.25) is 6.79 Å². The predicted octanol–water partition coefficient (Wildman–Crippen LogP) is 2.64. The topological polar surface area (TPSA) is 48.3 Å². The van der Waals surface area contributed by atoms with Crippen LogP contribution in [0.1, 0.15) is 37.4 Å². The van der Waals surface area contributed by atoms with Gasteiger partial charge in [0.05, 0.1) is 11.0 Å². The second-order valence-corrected chi connectivity index (χ2v) is 6.74. The first-order valence-corrected chi connectivity index (χ1v) is 8.39. The molecule has 1 saturated carbocycles. The lowest BCUT2D eigenvalue weighted by Gasteiger charge is -2.24. The van der Waals surface area contributed by atoms with E-state index in [9.17, 15) is 0 Å². The second-order valence-electron chi connectivity index (χ2n) is 6.74. The summed E-state index contributed by atoms with van der Waals surface area (Å²) in [5, 5.41) is 3.45. The van der Waals surface area contributed by atoms with E-state index >= 15 is 0 Å². The van der Waals surface area contributed by atoms with E-state index in [1.54, 1.807) is 0 Å². The van der Waals surface area contributed by atoms with Crippen LogP contribution in [0.25, 0.3) is 11.0 Å². The van der Waals surface area contributed by atoms with Gasteiger partial charge in [-0.25, -0.2) is 4.98 Å². The minimum atomic E-state index is 0.325. The number of hydrogen-bond acceptors (Lipinski definition) is 4. The first kappa shape index (κ1) is 12.8. The van der Waals surface area contributed by atoms with Gasteiger partial charge in [-0.3, -0.25) is 0 Å². The molecule has 1 aliphatic carbocycles. The summed E-state index contributed by atoms with van der Waals surface area (Å²) >= 11 is 0. The smallest absolute Gasteiger partial charge is 0.231 e. The number of benzene rings is 1. The molecule has 116 valence electrons. The number of piperidine rings is 1. The number of rotatable bonds is 3. The van der Waals surface area contributed by atoms with Gasteiger partial charge in [0, 0.05) is 24.6 Å². The molecule has 1 saturated heterocycles. The molecular weight excluding hydrogens is 278 g/mol. The van der Waals surface area contributed by atoms with Crippen LogP contribution < -0.4 is 14.8 Å². The van der Waals surface area contributed by atoms with Gasteiger partial charge < -0.3 is 19.4 Å². The molecule has 1 aromatic carbocycles. The average molecular weight is 299 g/mol. The standard InChI is InChI=1S/C17H21N3O2/c1-2-12(1)17-19-13-7-15-16(22-10-21-15)8-14(13)20(17)9-11-3-5-18-6-4-11/h7-8,11-12,18H,1-6,9-10H2. The first-order valence-electron chi connectivity index (χ1n) is 8.39. The van der Waals surface area contributed by atoms with Crippen molar-refractivity contribution in [3.8, 4) is 11.5 Å². The molecular formula is C17H21N3O2. The number of imidazole rings is 1. The molecule has 5 heteroatoms. The number of ether oxygens (including phenoxy) is 2. The van der Waals surface area contributed by atoms with Gasteiger partial charge in [-0.1, -0.05) is 0 Å². The lowest BCUT2D eigenvalue weighted by Crippen LogP contribution is -2.30. The van der Waals surface area contributed by atoms with Crippen molar-refractivity contribution in [1.29, 1.82) is 0 Å². The van der Waals surface area contributed by atoms with Gasteiger partial charge in [-0.2, -0.15) is 0 Å². The van der Waals surface area contributed by atoms with Crippen molar-refractivity contribution in [1.82, 2.24) is 14.9 Å². The molecule has 0 atom stereocenters. The Morgan fingerprint density at radius 1 is 1.09 bits per heavy atom. The number of nitrogens with zero attached hydrogens (tertiary/aromatic N) is 2. The first-order chi connectivity index (χ1) is 10.9. The molecule has 1 N–H and O–H groups in total. The Balaban J connectivity index is 1.58. The van der Waals surface area contributed by atoms with E-state index in [1.165, 1.54) is 37.0 Å². The molecule has 2 aromatic rings. The molecule has 1 aromatic heterocycles. The summed E-state index contributed by atoms with van der Waals surface area (Å²) < 4.78 is 13.5. The maximum Gasteiger partial charge on any atom is 0.231 e. The zero-order chi connectivity index (χ0) is 14.5. The Morgan fingerprint density at radius 3 is 2.64 bits per heavy atom. The predicted molar refractivity (Wildman–Crippen MR) is 83.4 cm³/mol. The van der Waals surface area contributed by atoms with E-state index in [1.807, 2.05) is 6.07 Å². The number of aromatic nitrogens is 2. The van der Waals surface area contributed by atoms with Crippen LogP contribution in [0.3, 0.4) is 0 Å². The lowest BCUT2D eigenvalue weighted by atomic mass is 9.98. The highest BCUT2D eigenvalue weighted by Crippen LogP contribution is 2.43. The quantitative estimate of drug-likeness (QED) is 0.946. The van der Waals surface area contributed by atoms with Gasteiger partial charge >= 0.3 is 0 Å².